The van der Waals surface area contributed by atoms with Crippen LogP contribution in [-0.2, 0) is 6.54 Å². The molecule has 1 N–H and O–H groups in total. The third-order valence-electron chi connectivity index (χ3n) is 3.66. The van der Waals surface area contributed by atoms with Crippen LogP contribution in [0, 0.1) is 12.7 Å². The van der Waals surface area contributed by atoms with Crippen molar-refractivity contribution < 1.29 is 4.39 Å². The minimum atomic E-state index is -0.150. The van der Waals surface area contributed by atoms with Crippen LogP contribution in [0.15, 0.2) is 27.4 Å². The van der Waals surface area contributed by atoms with Gasteiger partial charge in [-0.2, -0.15) is 0 Å². The van der Waals surface area contributed by atoms with Crippen molar-refractivity contribution in [1.29, 1.82) is 0 Å². The summed E-state index contributed by atoms with van der Waals surface area (Å²) in [5, 5.41) is 5.33. The average Bonchev–Trinajstić information content (AvgIpc) is 2.85. The summed E-state index contributed by atoms with van der Waals surface area (Å²) in [4.78, 5) is 2.17. The van der Waals surface area contributed by atoms with Gasteiger partial charge in [0.2, 0.25) is 0 Å². The summed E-state index contributed by atoms with van der Waals surface area (Å²) in [5.74, 6) is -0.150. The molecule has 5 heteroatoms. The van der Waals surface area contributed by atoms with Gasteiger partial charge in [0, 0.05) is 25.3 Å². The second-order valence-corrected chi connectivity index (χ2v) is 7.58. The van der Waals surface area contributed by atoms with Gasteiger partial charge >= 0.3 is 0 Å². The monoisotopic (exact) mass is 370 g/mol. The highest BCUT2D eigenvalue weighted by Crippen LogP contribution is 2.30. The molecule has 0 aliphatic heterocycles. The molecule has 0 saturated heterocycles. The van der Waals surface area contributed by atoms with E-state index >= 15 is 0 Å². The van der Waals surface area contributed by atoms with Crippen LogP contribution in [0.4, 0.5) is 10.1 Å². The highest BCUT2D eigenvalue weighted by Gasteiger charge is 2.16. The molecule has 0 spiro atoms. The van der Waals surface area contributed by atoms with Crippen LogP contribution in [0.5, 0.6) is 0 Å². The molecule has 0 saturated carbocycles. The van der Waals surface area contributed by atoms with Crippen molar-refractivity contribution in [2.24, 2.45) is 0 Å². The SMILES string of the molecule is CNC(C)c1cc(F)c(C)cc1N(C)Cc1csc(Br)c1. The minimum absolute atomic E-state index is 0.103. The molecule has 1 aromatic heterocycles. The van der Waals surface area contributed by atoms with E-state index in [4.69, 9.17) is 0 Å². The zero-order valence-electron chi connectivity index (χ0n) is 12.7. The van der Waals surface area contributed by atoms with E-state index in [2.05, 4.69) is 37.6 Å². The summed E-state index contributed by atoms with van der Waals surface area (Å²) < 4.78 is 15.0. The first kappa shape index (κ1) is 16.5. The van der Waals surface area contributed by atoms with Crippen molar-refractivity contribution in [3.8, 4) is 0 Å². The molecule has 2 aromatic rings. The van der Waals surface area contributed by atoms with Crippen LogP contribution in [-0.4, -0.2) is 14.1 Å². The van der Waals surface area contributed by atoms with E-state index < -0.39 is 0 Å². The first-order valence-corrected chi connectivity index (χ1v) is 8.51. The smallest absolute Gasteiger partial charge is 0.126 e. The lowest BCUT2D eigenvalue weighted by molar-refractivity contribution is 0.600. The second-order valence-electron chi connectivity index (χ2n) is 5.29. The molecule has 114 valence electrons. The number of rotatable bonds is 5. The third kappa shape index (κ3) is 3.84. The molecule has 1 unspecified atom stereocenters. The van der Waals surface area contributed by atoms with E-state index in [1.165, 1.54) is 5.56 Å². The lowest BCUT2D eigenvalue weighted by atomic mass is 10.0. The van der Waals surface area contributed by atoms with Crippen molar-refractivity contribution in [3.05, 3.63) is 49.9 Å². The quantitative estimate of drug-likeness (QED) is 0.806. The maximum Gasteiger partial charge on any atom is 0.126 e. The zero-order chi connectivity index (χ0) is 15.6. The van der Waals surface area contributed by atoms with E-state index in [9.17, 15) is 4.39 Å². The first-order chi connectivity index (χ1) is 9.92. The number of thiophene rings is 1. The number of hydrogen-bond donors (Lipinski definition) is 1. The largest absolute Gasteiger partial charge is 0.370 e. The fourth-order valence-electron chi connectivity index (χ4n) is 2.30. The number of nitrogens with zero attached hydrogens (tertiary/aromatic N) is 1. The van der Waals surface area contributed by atoms with E-state index in [-0.39, 0.29) is 11.9 Å². The summed E-state index contributed by atoms with van der Waals surface area (Å²) in [6.07, 6.45) is 0. The Morgan fingerprint density at radius 1 is 1.38 bits per heavy atom. The van der Waals surface area contributed by atoms with Crippen LogP contribution in [0.1, 0.15) is 29.7 Å². The summed E-state index contributed by atoms with van der Waals surface area (Å²) in [6.45, 7) is 4.65. The highest BCUT2D eigenvalue weighted by atomic mass is 79.9. The van der Waals surface area contributed by atoms with Crippen molar-refractivity contribution in [1.82, 2.24) is 5.32 Å². The van der Waals surface area contributed by atoms with E-state index in [0.29, 0.717) is 5.56 Å². The van der Waals surface area contributed by atoms with Crippen LogP contribution in [0.3, 0.4) is 0 Å². The van der Waals surface area contributed by atoms with E-state index in [1.807, 2.05) is 34.0 Å². The Hall–Kier alpha value is -0.910. The molecule has 1 heterocycles. The van der Waals surface area contributed by atoms with Crippen molar-refractivity contribution >= 4 is 33.0 Å². The topological polar surface area (TPSA) is 15.3 Å². The number of nitrogens with one attached hydrogen (secondary N) is 1. The van der Waals surface area contributed by atoms with Crippen LogP contribution >= 0.6 is 27.3 Å². The predicted octanol–water partition coefficient (Wildman–Crippen LogP) is 4.87. The molecule has 1 aromatic carbocycles. The molecule has 2 nitrogen and oxygen atoms in total. The molecule has 1 atom stereocenters. The Morgan fingerprint density at radius 2 is 2.10 bits per heavy atom. The van der Waals surface area contributed by atoms with Gasteiger partial charge in [-0.15, -0.1) is 11.3 Å². The van der Waals surface area contributed by atoms with Crippen LogP contribution < -0.4 is 10.2 Å². The predicted molar refractivity (Wildman–Crippen MR) is 92.7 cm³/mol. The van der Waals surface area contributed by atoms with Gasteiger partial charge in [0.05, 0.1) is 3.79 Å². The van der Waals surface area contributed by atoms with E-state index in [0.717, 1.165) is 21.6 Å². The van der Waals surface area contributed by atoms with Gasteiger partial charge in [0.1, 0.15) is 5.82 Å². The van der Waals surface area contributed by atoms with Gasteiger partial charge in [-0.25, -0.2) is 4.39 Å². The Bertz CT molecular complexity index is 627. The maximum absolute atomic E-state index is 13.9. The number of aryl methyl sites for hydroxylation is 1. The normalized spacial score (nSPS) is 12.5. The maximum atomic E-state index is 13.9. The Balaban J connectivity index is 2.34. The van der Waals surface area contributed by atoms with Crippen molar-refractivity contribution in [2.45, 2.75) is 26.4 Å². The molecule has 2 rings (SSSR count). The second kappa shape index (κ2) is 6.90. The molecule has 0 amide bonds. The standard InChI is InChI=1S/C16H20BrFN2S/c1-10-5-15(13(7-14(10)18)11(2)19-3)20(4)8-12-6-16(17)21-9-12/h5-7,9,11,19H,8H2,1-4H3. The van der Waals surface area contributed by atoms with Crippen LogP contribution in [0.25, 0.3) is 0 Å². The Kier molecular flexibility index (Phi) is 5.41. The first-order valence-electron chi connectivity index (χ1n) is 6.83. The number of anilines is 1. The Morgan fingerprint density at radius 3 is 2.67 bits per heavy atom. The van der Waals surface area contributed by atoms with Crippen LogP contribution in [0.2, 0.25) is 0 Å². The lowest BCUT2D eigenvalue weighted by Crippen LogP contribution is -2.22. The molecule has 0 radical (unpaired) electrons. The fourth-order valence-corrected chi connectivity index (χ4v) is 3.50. The number of hydrogen-bond acceptors (Lipinski definition) is 3. The van der Waals surface area contributed by atoms with Gasteiger partial charge in [0.15, 0.2) is 0 Å². The third-order valence-corrected chi connectivity index (χ3v) is 5.21. The summed E-state index contributed by atoms with van der Waals surface area (Å²) in [5.41, 5.74) is 3.98. The minimum Gasteiger partial charge on any atom is -0.370 e. The summed E-state index contributed by atoms with van der Waals surface area (Å²) >= 11 is 5.17. The van der Waals surface area contributed by atoms with Gasteiger partial charge in [-0.05, 0) is 77.1 Å². The van der Waals surface area contributed by atoms with E-state index in [1.54, 1.807) is 17.4 Å². The number of halogens is 2. The fraction of sp³-hybridized carbons (Fsp3) is 0.375. The molecule has 0 aliphatic carbocycles. The molecule has 0 aliphatic rings. The van der Waals surface area contributed by atoms with Gasteiger partial charge in [0.25, 0.3) is 0 Å². The molecule has 0 fully saturated rings. The Labute approximate surface area is 138 Å². The van der Waals surface area contributed by atoms with Gasteiger partial charge in [-0.1, -0.05) is 0 Å². The zero-order valence-corrected chi connectivity index (χ0v) is 15.1. The summed E-state index contributed by atoms with van der Waals surface area (Å²) in [6, 6.07) is 5.80. The van der Waals surface area contributed by atoms with Crippen molar-refractivity contribution in [2.75, 3.05) is 19.0 Å². The highest BCUT2D eigenvalue weighted by molar-refractivity contribution is 9.11. The lowest BCUT2D eigenvalue weighted by Gasteiger charge is -2.25. The number of benzene rings is 1. The molecular weight excluding hydrogens is 351 g/mol. The summed E-state index contributed by atoms with van der Waals surface area (Å²) in [7, 11) is 3.94. The molecule has 0 bridgehead atoms. The average molecular weight is 371 g/mol. The van der Waals surface area contributed by atoms with Gasteiger partial charge < -0.3 is 10.2 Å². The van der Waals surface area contributed by atoms with Gasteiger partial charge in [-0.3, -0.25) is 0 Å². The van der Waals surface area contributed by atoms with Crippen molar-refractivity contribution in [3.63, 3.8) is 0 Å². The molecule has 21 heavy (non-hydrogen) atoms. The molecular formula is C16H20BrFN2S.